The highest BCUT2D eigenvalue weighted by Crippen LogP contribution is 2.42. The molecule has 0 saturated carbocycles. The minimum absolute atomic E-state index is 0.0606. The first-order chi connectivity index (χ1) is 18.1. The SMILES string of the molecule is COC1[C@@H](n2cc(-c3csc(=O)[nH]3)nn2)[C@@H](O)C(CO)O[C@H]1c1ccnn1-c1cc(Cl)ccc1C(F)(F)F. The summed E-state index contributed by atoms with van der Waals surface area (Å²) in [6.07, 6.45) is -6.57. The maximum atomic E-state index is 13.8. The van der Waals surface area contributed by atoms with Gasteiger partial charge in [0.05, 0.1) is 35.4 Å². The molecule has 2 unspecified atom stereocenters. The molecule has 5 rings (SSSR count). The van der Waals surface area contributed by atoms with Crippen molar-refractivity contribution in [2.24, 2.45) is 0 Å². The van der Waals surface area contributed by atoms with Gasteiger partial charge in [-0.05, 0) is 24.3 Å². The number of H-pyrrole nitrogens is 1. The number of thiazole rings is 1. The zero-order chi connectivity index (χ0) is 27.2. The van der Waals surface area contributed by atoms with E-state index in [0.29, 0.717) is 11.4 Å². The molecule has 0 spiro atoms. The largest absolute Gasteiger partial charge is 0.418 e. The second kappa shape index (κ2) is 10.2. The van der Waals surface area contributed by atoms with E-state index in [1.807, 2.05) is 0 Å². The molecule has 1 saturated heterocycles. The average molecular weight is 573 g/mol. The molecule has 0 aliphatic carbocycles. The van der Waals surface area contributed by atoms with Crippen LogP contribution in [-0.4, -0.2) is 72.0 Å². The van der Waals surface area contributed by atoms with Crippen LogP contribution in [0.1, 0.15) is 23.4 Å². The lowest BCUT2D eigenvalue weighted by molar-refractivity contribution is -0.216. The van der Waals surface area contributed by atoms with Gasteiger partial charge in [-0.2, -0.15) is 18.3 Å². The molecule has 0 bridgehead atoms. The Morgan fingerprint density at radius 1 is 1.32 bits per heavy atom. The third-order valence-electron chi connectivity index (χ3n) is 6.21. The summed E-state index contributed by atoms with van der Waals surface area (Å²) in [5, 5.41) is 34.9. The van der Waals surface area contributed by atoms with Crippen LogP contribution in [0.15, 0.2) is 46.8 Å². The zero-order valence-electron chi connectivity index (χ0n) is 19.4. The predicted octanol–water partition coefficient (Wildman–Crippen LogP) is 2.60. The summed E-state index contributed by atoms with van der Waals surface area (Å²) in [7, 11) is 1.34. The van der Waals surface area contributed by atoms with E-state index < -0.39 is 48.8 Å². The third-order valence-corrected chi connectivity index (χ3v) is 7.11. The van der Waals surface area contributed by atoms with Crippen LogP contribution < -0.4 is 4.87 Å². The number of nitrogens with one attached hydrogen (secondary N) is 1. The molecule has 3 N–H and O–H groups in total. The molecule has 1 fully saturated rings. The summed E-state index contributed by atoms with van der Waals surface area (Å²) in [6.45, 7) is -0.608. The molecule has 3 aromatic heterocycles. The van der Waals surface area contributed by atoms with Crippen LogP contribution in [0.5, 0.6) is 0 Å². The van der Waals surface area contributed by atoms with Crippen molar-refractivity contribution < 1.29 is 32.9 Å². The lowest BCUT2D eigenvalue weighted by Crippen LogP contribution is -2.53. The van der Waals surface area contributed by atoms with Gasteiger partial charge in [-0.25, -0.2) is 9.36 Å². The molecule has 11 nitrogen and oxygen atoms in total. The smallest absolute Gasteiger partial charge is 0.394 e. The van der Waals surface area contributed by atoms with Crippen LogP contribution in [0.2, 0.25) is 5.02 Å². The van der Waals surface area contributed by atoms with Crippen LogP contribution in [-0.2, 0) is 15.7 Å². The zero-order valence-corrected chi connectivity index (χ0v) is 21.0. The van der Waals surface area contributed by atoms with Gasteiger partial charge in [0.25, 0.3) is 0 Å². The van der Waals surface area contributed by atoms with E-state index in [0.717, 1.165) is 34.2 Å². The second-order valence-electron chi connectivity index (χ2n) is 8.43. The van der Waals surface area contributed by atoms with Gasteiger partial charge in [-0.1, -0.05) is 28.2 Å². The van der Waals surface area contributed by atoms with Gasteiger partial charge in [-0.15, -0.1) is 5.10 Å². The highest BCUT2D eigenvalue weighted by Gasteiger charge is 2.49. The molecular weight excluding hydrogens is 553 g/mol. The highest BCUT2D eigenvalue weighted by atomic mass is 35.5. The Morgan fingerprint density at radius 2 is 2.11 bits per heavy atom. The molecule has 16 heteroatoms. The number of aromatic nitrogens is 6. The number of rotatable bonds is 6. The maximum absolute atomic E-state index is 13.8. The summed E-state index contributed by atoms with van der Waals surface area (Å²) in [5.41, 5.74) is -0.431. The summed E-state index contributed by atoms with van der Waals surface area (Å²) in [5.74, 6) is 0. The van der Waals surface area contributed by atoms with E-state index in [-0.39, 0.29) is 21.3 Å². The number of aliphatic hydroxyl groups is 2. The summed E-state index contributed by atoms with van der Waals surface area (Å²) >= 11 is 6.97. The van der Waals surface area contributed by atoms with E-state index >= 15 is 0 Å². The van der Waals surface area contributed by atoms with Crippen LogP contribution >= 0.6 is 22.9 Å². The number of hydrogen-bond acceptors (Lipinski definition) is 9. The highest BCUT2D eigenvalue weighted by molar-refractivity contribution is 7.07. The van der Waals surface area contributed by atoms with Crippen molar-refractivity contribution in [3.05, 3.63) is 68.0 Å². The number of halogens is 4. The predicted molar refractivity (Wildman–Crippen MR) is 128 cm³/mol. The van der Waals surface area contributed by atoms with Gasteiger partial charge in [0.2, 0.25) is 0 Å². The van der Waals surface area contributed by atoms with Gasteiger partial charge in [0.15, 0.2) is 0 Å². The van der Waals surface area contributed by atoms with Crippen LogP contribution in [0.25, 0.3) is 17.1 Å². The first kappa shape index (κ1) is 26.5. The van der Waals surface area contributed by atoms with E-state index in [1.165, 1.54) is 30.3 Å². The number of benzene rings is 1. The number of aromatic amines is 1. The molecule has 4 aromatic rings. The van der Waals surface area contributed by atoms with Crippen molar-refractivity contribution in [1.82, 2.24) is 29.8 Å². The molecule has 38 heavy (non-hydrogen) atoms. The molecule has 202 valence electrons. The van der Waals surface area contributed by atoms with Crippen molar-refractivity contribution in [3.8, 4) is 17.1 Å². The lowest BCUT2D eigenvalue weighted by atomic mass is 9.90. The normalized spacial score (nSPS) is 24.1. The number of ether oxygens (including phenoxy) is 2. The number of methoxy groups -OCH3 is 1. The molecule has 1 aliphatic rings. The van der Waals surface area contributed by atoms with Crippen molar-refractivity contribution in [1.29, 1.82) is 0 Å². The average Bonchev–Trinajstić information content (AvgIpc) is 3.63. The Labute approximate surface area is 221 Å². The fraction of sp³-hybridized carbons (Fsp3) is 0.364. The minimum Gasteiger partial charge on any atom is -0.394 e. The quantitative estimate of drug-likeness (QED) is 0.320. The van der Waals surface area contributed by atoms with Crippen LogP contribution in [0, 0.1) is 0 Å². The molecule has 1 aliphatic heterocycles. The lowest BCUT2D eigenvalue weighted by Gasteiger charge is -2.43. The van der Waals surface area contributed by atoms with Crippen molar-refractivity contribution in [2.75, 3.05) is 13.7 Å². The van der Waals surface area contributed by atoms with Crippen molar-refractivity contribution >= 4 is 22.9 Å². The topological polar surface area (TPSA) is 140 Å². The van der Waals surface area contributed by atoms with E-state index in [9.17, 15) is 28.2 Å². The molecule has 0 radical (unpaired) electrons. The first-order valence-electron chi connectivity index (χ1n) is 11.1. The molecule has 5 atom stereocenters. The van der Waals surface area contributed by atoms with Gasteiger partial charge in [0, 0.05) is 23.7 Å². The number of hydrogen-bond donors (Lipinski definition) is 3. The summed E-state index contributed by atoms with van der Waals surface area (Å²) in [4.78, 5) is 13.9. The van der Waals surface area contributed by atoms with Gasteiger partial charge in [-0.3, -0.25) is 4.79 Å². The minimum atomic E-state index is -4.71. The fourth-order valence-electron chi connectivity index (χ4n) is 4.50. The standard InChI is InChI=1S/C22H20ClF3N6O5S/c1-36-20-17(31-7-12(29-30-31)13-9-38-21(35)28-13)18(34)16(8-33)37-19(20)14-4-5-27-32(14)15-6-10(23)2-3-11(15)22(24,25)26/h2-7,9,16-20,33-34H,8H2,1H3,(H,28,35)/t16?,17-,18-,19-,20?/m0/s1. The van der Waals surface area contributed by atoms with E-state index in [4.69, 9.17) is 21.1 Å². The number of alkyl halides is 3. The van der Waals surface area contributed by atoms with Crippen molar-refractivity contribution in [3.63, 3.8) is 0 Å². The summed E-state index contributed by atoms with van der Waals surface area (Å²) < 4.78 is 55.5. The van der Waals surface area contributed by atoms with Crippen LogP contribution in [0.4, 0.5) is 13.2 Å². The van der Waals surface area contributed by atoms with Gasteiger partial charge >= 0.3 is 11.0 Å². The maximum Gasteiger partial charge on any atom is 0.418 e. The number of nitrogens with zero attached hydrogens (tertiary/aromatic N) is 5. The Bertz CT molecular complexity index is 1490. The summed E-state index contributed by atoms with van der Waals surface area (Å²) in [6, 6.07) is 3.57. The Kier molecular flexibility index (Phi) is 7.15. The second-order valence-corrected chi connectivity index (χ2v) is 9.71. The Hall–Kier alpha value is -3.08. The monoisotopic (exact) mass is 572 g/mol. The molecular formula is C22H20ClF3N6O5S. The van der Waals surface area contributed by atoms with E-state index in [2.05, 4.69) is 20.4 Å². The van der Waals surface area contributed by atoms with Gasteiger partial charge in [0.1, 0.15) is 36.2 Å². The fourth-order valence-corrected chi connectivity index (χ4v) is 5.24. The van der Waals surface area contributed by atoms with Gasteiger partial charge < -0.3 is 24.7 Å². The molecule has 1 aromatic carbocycles. The molecule has 0 amide bonds. The first-order valence-corrected chi connectivity index (χ1v) is 12.4. The van der Waals surface area contributed by atoms with E-state index in [1.54, 1.807) is 5.38 Å². The Morgan fingerprint density at radius 3 is 2.76 bits per heavy atom. The third kappa shape index (κ3) is 4.76. The Balaban J connectivity index is 1.59. The number of aliphatic hydroxyl groups excluding tert-OH is 2. The van der Waals surface area contributed by atoms with Crippen LogP contribution in [0.3, 0.4) is 0 Å². The molecule has 4 heterocycles. The van der Waals surface area contributed by atoms with Crippen molar-refractivity contribution in [2.45, 2.75) is 36.6 Å².